The SMILES string of the molecule is Cc1cc(CC(=O)Cc2csc(C)n2)n(C)n1. The van der Waals surface area contributed by atoms with Gasteiger partial charge in [0.15, 0.2) is 0 Å². The Morgan fingerprint density at radius 2 is 2.18 bits per heavy atom. The lowest BCUT2D eigenvalue weighted by molar-refractivity contribution is -0.117. The largest absolute Gasteiger partial charge is 0.299 e. The lowest BCUT2D eigenvalue weighted by Crippen LogP contribution is -2.10. The lowest BCUT2D eigenvalue weighted by atomic mass is 10.1. The van der Waals surface area contributed by atoms with Crippen molar-refractivity contribution in [1.82, 2.24) is 14.8 Å². The molecule has 0 saturated heterocycles. The van der Waals surface area contributed by atoms with E-state index in [9.17, 15) is 4.79 Å². The predicted molar refractivity (Wildman–Crippen MR) is 67.2 cm³/mol. The second kappa shape index (κ2) is 4.79. The van der Waals surface area contributed by atoms with Crippen LogP contribution in [-0.4, -0.2) is 20.5 Å². The molecule has 0 radical (unpaired) electrons. The fourth-order valence-electron chi connectivity index (χ4n) is 1.79. The van der Waals surface area contributed by atoms with Crippen molar-refractivity contribution in [3.8, 4) is 0 Å². The summed E-state index contributed by atoms with van der Waals surface area (Å²) >= 11 is 1.58. The molecule has 0 unspecified atom stereocenters. The number of thiazole rings is 1. The van der Waals surface area contributed by atoms with E-state index in [1.54, 1.807) is 16.0 Å². The molecule has 2 heterocycles. The summed E-state index contributed by atoms with van der Waals surface area (Å²) in [5, 5.41) is 7.18. The van der Waals surface area contributed by atoms with Gasteiger partial charge >= 0.3 is 0 Å². The first-order valence-electron chi connectivity index (χ1n) is 5.47. The summed E-state index contributed by atoms with van der Waals surface area (Å²) in [7, 11) is 1.86. The number of aromatic nitrogens is 3. The van der Waals surface area contributed by atoms with Crippen molar-refractivity contribution in [2.45, 2.75) is 26.7 Å². The number of ketones is 1. The minimum atomic E-state index is 0.179. The highest BCUT2D eigenvalue weighted by atomic mass is 32.1. The number of nitrogens with zero attached hydrogens (tertiary/aromatic N) is 3. The van der Waals surface area contributed by atoms with Gasteiger partial charge in [-0.15, -0.1) is 11.3 Å². The second-order valence-electron chi connectivity index (χ2n) is 4.15. The summed E-state index contributed by atoms with van der Waals surface area (Å²) in [6.45, 7) is 3.88. The number of Topliss-reactive ketones (excluding diaryl/α,β-unsaturated/α-hetero) is 1. The number of aryl methyl sites for hydroxylation is 3. The zero-order chi connectivity index (χ0) is 12.4. The van der Waals surface area contributed by atoms with Crippen LogP contribution in [0.25, 0.3) is 0 Å². The minimum Gasteiger partial charge on any atom is -0.299 e. The van der Waals surface area contributed by atoms with Gasteiger partial charge in [0.2, 0.25) is 0 Å². The Balaban J connectivity index is 2.00. The molecule has 2 aromatic rings. The third kappa shape index (κ3) is 3.00. The van der Waals surface area contributed by atoms with Crippen molar-refractivity contribution in [2.24, 2.45) is 7.05 Å². The quantitative estimate of drug-likeness (QED) is 0.830. The van der Waals surface area contributed by atoms with Gasteiger partial charge in [0, 0.05) is 31.0 Å². The van der Waals surface area contributed by atoms with E-state index in [0.29, 0.717) is 12.8 Å². The van der Waals surface area contributed by atoms with E-state index < -0.39 is 0 Å². The molecular formula is C12H15N3OS. The van der Waals surface area contributed by atoms with Gasteiger partial charge in [-0.25, -0.2) is 4.98 Å². The molecule has 0 amide bonds. The number of hydrogen-bond acceptors (Lipinski definition) is 4. The van der Waals surface area contributed by atoms with E-state index in [1.165, 1.54) is 0 Å². The third-order valence-corrected chi connectivity index (χ3v) is 3.34. The average molecular weight is 249 g/mol. The smallest absolute Gasteiger partial charge is 0.144 e. The van der Waals surface area contributed by atoms with Crippen LogP contribution in [0.2, 0.25) is 0 Å². The van der Waals surface area contributed by atoms with Gasteiger partial charge in [0.25, 0.3) is 0 Å². The molecule has 0 bridgehead atoms. The zero-order valence-corrected chi connectivity index (χ0v) is 11.0. The van der Waals surface area contributed by atoms with E-state index >= 15 is 0 Å². The molecule has 17 heavy (non-hydrogen) atoms. The molecule has 0 spiro atoms. The predicted octanol–water partition coefficient (Wildman–Crippen LogP) is 1.85. The summed E-state index contributed by atoms with van der Waals surface area (Å²) < 4.78 is 1.76. The normalized spacial score (nSPS) is 10.8. The summed E-state index contributed by atoms with van der Waals surface area (Å²) in [4.78, 5) is 16.2. The summed E-state index contributed by atoms with van der Waals surface area (Å²) in [5.41, 5.74) is 2.77. The van der Waals surface area contributed by atoms with E-state index in [2.05, 4.69) is 10.1 Å². The molecule has 0 atom stereocenters. The van der Waals surface area contributed by atoms with Crippen LogP contribution in [0.4, 0.5) is 0 Å². The van der Waals surface area contributed by atoms with Crippen LogP contribution in [0, 0.1) is 13.8 Å². The number of rotatable bonds is 4. The molecule has 0 aromatic carbocycles. The molecule has 0 fully saturated rings. The first-order valence-corrected chi connectivity index (χ1v) is 6.35. The third-order valence-electron chi connectivity index (χ3n) is 2.52. The molecule has 2 aromatic heterocycles. The Kier molecular flexibility index (Phi) is 3.38. The Labute approximate surface area is 104 Å². The summed E-state index contributed by atoms with van der Waals surface area (Å²) in [5.74, 6) is 0.179. The first-order chi connectivity index (χ1) is 8.04. The molecule has 2 rings (SSSR count). The lowest BCUT2D eigenvalue weighted by Gasteiger charge is -1.99. The Hall–Kier alpha value is -1.49. The van der Waals surface area contributed by atoms with Crippen LogP contribution < -0.4 is 0 Å². The van der Waals surface area contributed by atoms with Crippen molar-refractivity contribution >= 4 is 17.1 Å². The summed E-state index contributed by atoms with van der Waals surface area (Å²) in [6, 6.07) is 1.95. The van der Waals surface area contributed by atoms with Crippen molar-refractivity contribution in [1.29, 1.82) is 0 Å². The van der Waals surface area contributed by atoms with E-state index in [1.807, 2.05) is 32.3 Å². The van der Waals surface area contributed by atoms with E-state index in [-0.39, 0.29) is 5.78 Å². The highest BCUT2D eigenvalue weighted by Gasteiger charge is 2.10. The Bertz CT molecular complexity index is 542. The van der Waals surface area contributed by atoms with Crippen LogP contribution in [0.5, 0.6) is 0 Å². The van der Waals surface area contributed by atoms with Crippen LogP contribution in [-0.2, 0) is 24.7 Å². The maximum Gasteiger partial charge on any atom is 0.144 e. The van der Waals surface area contributed by atoms with Crippen molar-refractivity contribution in [3.05, 3.63) is 33.5 Å². The van der Waals surface area contributed by atoms with E-state index in [0.717, 1.165) is 22.1 Å². The monoisotopic (exact) mass is 249 g/mol. The number of carbonyl (C=O) groups excluding carboxylic acids is 1. The van der Waals surface area contributed by atoms with Crippen LogP contribution >= 0.6 is 11.3 Å². The molecule has 0 aliphatic rings. The maximum atomic E-state index is 11.9. The standard InChI is InChI=1S/C12H15N3OS/c1-8-4-11(15(3)14-8)6-12(16)5-10-7-17-9(2)13-10/h4,7H,5-6H2,1-3H3. The van der Waals surface area contributed by atoms with Gasteiger partial charge in [0.1, 0.15) is 5.78 Å². The topological polar surface area (TPSA) is 47.8 Å². The Morgan fingerprint density at radius 1 is 1.41 bits per heavy atom. The van der Waals surface area contributed by atoms with E-state index in [4.69, 9.17) is 0 Å². The van der Waals surface area contributed by atoms with Crippen molar-refractivity contribution in [3.63, 3.8) is 0 Å². The number of hydrogen-bond donors (Lipinski definition) is 0. The first kappa shape index (κ1) is 12.0. The van der Waals surface area contributed by atoms with Crippen molar-refractivity contribution in [2.75, 3.05) is 0 Å². The molecule has 0 aliphatic heterocycles. The molecular weight excluding hydrogens is 234 g/mol. The van der Waals surface area contributed by atoms with Gasteiger partial charge in [-0.2, -0.15) is 5.10 Å². The van der Waals surface area contributed by atoms with Crippen LogP contribution in [0.3, 0.4) is 0 Å². The maximum absolute atomic E-state index is 11.9. The van der Waals surface area contributed by atoms with Gasteiger partial charge in [-0.1, -0.05) is 0 Å². The van der Waals surface area contributed by atoms with Gasteiger partial charge < -0.3 is 0 Å². The molecule has 4 nitrogen and oxygen atoms in total. The minimum absolute atomic E-state index is 0.179. The second-order valence-corrected chi connectivity index (χ2v) is 5.21. The van der Waals surface area contributed by atoms with Crippen LogP contribution in [0.1, 0.15) is 22.1 Å². The molecule has 0 aliphatic carbocycles. The molecule has 0 saturated carbocycles. The summed E-state index contributed by atoms with van der Waals surface area (Å²) in [6.07, 6.45) is 0.836. The average Bonchev–Trinajstić information content (AvgIpc) is 2.74. The van der Waals surface area contributed by atoms with Gasteiger partial charge in [0.05, 0.1) is 16.4 Å². The van der Waals surface area contributed by atoms with Crippen LogP contribution in [0.15, 0.2) is 11.4 Å². The zero-order valence-electron chi connectivity index (χ0n) is 10.2. The Morgan fingerprint density at radius 3 is 2.71 bits per heavy atom. The number of carbonyl (C=O) groups is 1. The highest BCUT2D eigenvalue weighted by Crippen LogP contribution is 2.10. The fourth-order valence-corrected chi connectivity index (χ4v) is 2.40. The molecule has 0 N–H and O–H groups in total. The highest BCUT2D eigenvalue weighted by molar-refractivity contribution is 7.09. The van der Waals surface area contributed by atoms with Gasteiger partial charge in [-0.05, 0) is 19.9 Å². The van der Waals surface area contributed by atoms with Crippen molar-refractivity contribution < 1.29 is 4.79 Å². The molecule has 90 valence electrons. The van der Waals surface area contributed by atoms with Gasteiger partial charge in [-0.3, -0.25) is 9.48 Å². The fraction of sp³-hybridized carbons (Fsp3) is 0.417. The molecule has 5 heteroatoms.